The number of ether oxygens (including phenoxy) is 1. The van der Waals surface area contributed by atoms with Gasteiger partial charge in [0.25, 0.3) is 0 Å². The molecule has 0 saturated heterocycles. The maximum atomic E-state index is 12.5. The van der Waals surface area contributed by atoms with Crippen LogP contribution in [0.5, 0.6) is 5.75 Å². The van der Waals surface area contributed by atoms with Gasteiger partial charge in [-0.05, 0) is 61.2 Å². The fraction of sp³-hybridized carbons (Fsp3) is 0.300. The molecular formula is C20H21F3OS. The Bertz CT molecular complexity index is 721. The first kappa shape index (κ1) is 19.4. The van der Waals surface area contributed by atoms with Gasteiger partial charge in [0.2, 0.25) is 0 Å². The van der Waals surface area contributed by atoms with Crippen molar-refractivity contribution in [3.8, 4) is 5.75 Å². The molecule has 0 fully saturated rings. The molecule has 2 aromatic rings. The lowest BCUT2D eigenvalue weighted by Crippen LogP contribution is -2.04. The zero-order chi connectivity index (χ0) is 18.4. The van der Waals surface area contributed by atoms with Crippen LogP contribution in [0.4, 0.5) is 13.2 Å². The molecule has 0 radical (unpaired) electrons. The molecule has 134 valence electrons. The molecule has 0 aliphatic carbocycles. The lowest BCUT2D eigenvalue weighted by atomic mass is 10.0. The molecule has 0 amide bonds. The molecule has 0 aliphatic heterocycles. The van der Waals surface area contributed by atoms with Crippen LogP contribution in [0.1, 0.15) is 23.1 Å². The molecule has 0 aromatic heterocycles. The van der Waals surface area contributed by atoms with Gasteiger partial charge < -0.3 is 4.74 Å². The van der Waals surface area contributed by atoms with E-state index in [0.717, 1.165) is 51.7 Å². The molecular weight excluding hydrogens is 345 g/mol. The first-order valence-electron chi connectivity index (χ1n) is 7.90. The summed E-state index contributed by atoms with van der Waals surface area (Å²) in [6.45, 7) is 6.07. The second kappa shape index (κ2) is 8.48. The Kier molecular flexibility index (Phi) is 6.59. The summed E-state index contributed by atoms with van der Waals surface area (Å²) < 4.78 is 42.9. The van der Waals surface area contributed by atoms with E-state index >= 15 is 0 Å². The largest absolute Gasteiger partial charge is 0.496 e. The molecule has 1 nitrogen and oxygen atoms in total. The number of thioether (sulfide) groups is 1. The molecule has 0 bridgehead atoms. The fourth-order valence-corrected chi connectivity index (χ4v) is 3.32. The molecule has 2 aromatic carbocycles. The van der Waals surface area contributed by atoms with E-state index in [-0.39, 0.29) is 0 Å². The van der Waals surface area contributed by atoms with Gasteiger partial charge in [-0.1, -0.05) is 24.3 Å². The van der Waals surface area contributed by atoms with Gasteiger partial charge in [-0.3, -0.25) is 0 Å². The van der Waals surface area contributed by atoms with Gasteiger partial charge in [-0.15, -0.1) is 11.8 Å². The summed E-state index contributed by atoms with van der Waals surface area (Å²) >= 11 is 1.70. The number of hydrogen-bond donors (Lipinski definition) is 0. The van der Waals surface area contributed by atoms with Gasteiger partial charge in [0.1, 0.15) is 5.75 Å². The van der Waals surface area contributed by atoms with Gasteiger partial charge in [-0.25, -0.2) is 0 Å². The van der Waals surface area contributed by atoms with Crippen LogP contribution in [0, 0.1) is 6.92 Å². The summed E-state index contributed by atoms with van der Waals surface area (Å²) in [4.78, 5) is 1.15. The Morgan fingerprint density at radius 3 is 2.36 bits per heavy atom. The zero-order valence-corrected chi connectivity index (χ0v) is 15.1. The number of aryl methyl sites for hydroxylation is 2. The van der Waals surface area contributed by atoms with E-state index in [4.69, 9.17) is 4.74 Å². The Morgan fingerprint density at radius 2 is 1.80 bits per heavy atom. The molecule has 0 N–H and O–H groups in total. The first-order chi connectivity index (χ1) is 11.8. The third-order valence-electron chi connectivity index (χ3n) is 3.86. The van der Waals surface area contributed by atoms with Crippen molar-refractivity contribution in [1.29, 1.82) is 0 Å². The highest BCUT2D eigenvalue weighted by atomic mass is 32.2. The highest BCUT2D eigenvalue weighted by molar-refractivity contribution is 7.99. The predicted molar refractivity (Wildman–Crippen MR) is 97.4 cm³/mol. The van der Waals surface area contributed by atoms with E-state index in [1.807, 2.05) is 19.1 Å². The van der Waals surface area contributed by atoms with E-state index in [0.29, 0.717) is 6.42 Å². The minimum atomic E-state index is -4.28. The van der Waals surface area contributed by atoms with E-state index in [9.17, 15) is 13.2 Å². The molecule has 5 heteroatoms. The average Bonchev–Trinajstić information content (AvgIpc) is 2.58. The van der Waals surface area contributed by atoms with Gasteiger partial charge >= 0.3 is 6.18 Å². The lowest BCUT2D eigenvalue weighted by molar-refractivity contribution is -0.137. The number of methoxy groups -OCH3 is 1. The molecule has 0 saturated carbocycles. The number of rotatable bonds is 7. The van der Waals surface area contributed by atoms with E-state index < -0.39 is 11.7 Å². The van der Waals surface area contributed by atoms with Crippen molar-refractivity contribution in [2.45, 2.75) is 30.8 Å². The van der Waals surface area contributed by atoms with Crippen LogP contribution in [0.15, 0.2) is 59.5 Å². The highest BCUT2D eigenvalue weighted by Gasteiger charge is 2.29. The minimum absolute atomic E-state index is 0.611. The molecule has 2 rings (SSSR count). The highest BCUT2D eigenvalue weighted by Crippen LogP contribution is 2.30. The Morgan fingerprint density at radius 1 is 1.12 bits per heavy atom. The Balaban J connectivity index is 1.82. The van der Waals surface area contributed by atoms with Crippen LogP contribution >= 0.6 is 11.8 Å². The van der Waals surface area contributed by atoms with Crippen LogP contribution in [0.3, 0.4) is 0 Å². The quantitative estimate of drug-likeness (QED) is 0.420. The van der Waals surface area contributed by atoms with Crippen molar-refractivity contribution >= 4 is 11.8 Å². The topological polar surface area (TPSA) is 9.23 Å². The summed E-state index contributed by atoms with van der Waals surface area (Å²) in [5.41, 5.74) is 2.43. The van der Waals surface area contributed by atoms with Crippen LogP contribution in [-0.4, -0.2) is 12.9 Å². The Hall–Kier alpha value is -1.88. The number of hydrogen-bond acceptors (Lipinski definition) is 2. The van der Waals surface area contributed by atoms with Gasteiger partial charge in [0.05, 0.1) is 12.7 Å². The monoisotopic (exact) mass is 366 g/mol. The van der Waals surface area contributed by atoms with Crippen molar-refractivity contribution in [1.82, 2.24) is 0 Å². The third-order valence-corrected chi connectivity index (χ3v) is 5.00. The standard InChI is InChI=1S/C20H21F3OS/c1-14(13-25-18-10-11-19(24-3)15(2)12-18)4-5-16-6-8-17(9-7-16)20(21,22)23/h6-12H,1,4-5,13H2,2-3H3. The van der Waals surface area contributed by atoms with Gasteiger partial charge in [0.15, 0.2) is 0 Å². The second-order valence-electron chi connectivity index (χ2n) is 5.86. The zero-order valence-electron chi connectivity index (χ0n) is 14.3. The van der Waals surface area contributed by atoms with E-state index in [1.54, 1.807) is 18.9 Å². The van der Waals surface area contributed by atoms with Crippen molar-refractivity contribution in [2.75, 3.05) is 12.9 Å². The SMILES string of the molecule is C=C(CCc1ccc(C(F)(F)F)cc1)CSc1ccc(OC)c(C)c1. The first-order valence-corrected chi connectivity index (χ1v) is 8.88. The van der Waals surface area contributed by atoms with Crippen LogP contribution in [0.25, 0.3) is 0 Å². The number of alkyl halides is 3. The smallest absolute Gasteiger partial charge is 0.416 e. The predicted octanol–water partition coefficient (Wildman–Crippen LogP) is 6.30. The van der Waals surface area contributed by atoms with Crippen LogP contribution in [0.2, 0.25) is 0 Å². The van der Waals surface area contributed by atoms with E-state index in [2.05, 4.69) is 12.6 Å². The van der Waals surface area contributed by atoms with Gasteiger partial charge in [0, 0.05) is 10.6 Å². The summed E-state index contributed by atoms with van der Waals surface area (Å²) in [7, 11) is 1.65. The average molecular weight is 366 g/mol. The third kappa shape index (κ3) is 5.85. The second-order valence-corrected chi connectivity index (χ2v) is 6.91. The summed E-state index contributed by atoms with van der Waals surface area (Å²) in [5, 5.41) is 0. The number of benzene rings is 2. The van der Waals surface area contributed by atoms with Crippen LogP contribution < -0.4 is 4.74 Å². The molecule has 0 heterocycles. The van der Waals surface area contributed by atoms with Gasteiger partial charge in [-0.2, -0.15) is 13.2 Å². The summed E-state index contributed by atoms with van der Waals surface area (Å²) in [5.74, 6) is 1.65. The molecule has 0 aliphatic rings. The molecule has 0 unspecified atom stereocenters. The minimum Gasteiger partial charge on any atom is -0.496 e. The van der Waals surface area contributed by atoms with Crippen LogP contribution in [-0.2, 0) is 12.6 Å². The van der Waals surface area contributed by atoms with Crippen molar-refractivity contribution in [3.05, 3.63) is 71.3 Å². The number of halogens is 3. The Labute approximate surface area is 150 Å². The fourth-order valence-electron chi connectivity index (χ4n) is 2.38. The lowest BCUT2D eigenvalue weighted by Gasteiger charge is -2.10. The normalized spacial score (nSPS) is 11.4. The maximum absolute atomic E-state index is 12.5. The molecule has 0 spiro atoms. The molecule has 25 heavy (non-hydrogen) atoms. The summed E-state index contributed by atoms with van der Waals surface area (Å²) in [6, 6.07) is 11.4. The van der Waals surface area contributed by atoms with Crippen molar-refractivity contribution in [2.24, 2.45) is 0 Å². The summed E-state index contributed by atoms with van der Waals surface area (Å²) in [6.07, 6.45) is -2.83. The maximum Gasteiger partial charge on any atom is 0.416 e. The van der Waals surface area contributed by atoms with E-state index in [1.165, 1.54) is 12.1 Å². The molecule has 0 atom stereocenters. The van der Waals surface area contributed by atoms with Crippen molar-refractivity contribution in [3.63, 3.8) is 0 Å². The van der Waals surface area contributed by atoms with Crippen molar-refractivity contribution < 1.29 is 17.9 Å².